The summed E-state index contributed by atoms with van der Waals surface area (Å²) in [5, 5.41) is 6.25. The molecule has 3 rings (SSSR count). The molecule has 2 aliphatic rings. The Morgan fingerprint density at radius 1 is 1.30 bits per heavy atom. The maximum Gasteiger partial charge on any atom is 0.225 e. The van der Waals surface area contributed by atoms with E-state index in [0.717, 1.165) is 51.5 Å². The van der Waals surface area contributed by atoms with Crippen molar-refractivity contribution >= 4 is 17.4 Å². The number of nitrogens with zero attached hydrogens (tertiary/aromatic N) is 2. The largest absolute Gasteiger partial charge is 0.378 e. The van der Waals surface area contributed by atoms with E-state index in [1.54, 1.807) is 0 Å². The van der Waals surface area contributed by atoms with Gasteiger partial charge in [-0.3, -0.25) is 4.79 Å². The van der Waals surface area contributed by atoms with Gasteiger partial charge in [0.2, 0.25) is 5.91 Å². The molecule has 0 unspecified atom stereocenters. The molecule has 1 aromatic rings. The first-order chi connectivity index (χ1) is 11.3. The van der Waals surface area contributed by atoms with Crippen molar-refractivity contribution in [3.63, 3.8) is 0 Å². The molecule has 0 aromatic carbocycles. The van der Waals surface area contributed by atoms with Gasteiger partial charge in [0.1, 0.15) is 5.82 Å². The van der Waals surface area contributed by atoms with Gasteiger partial charge < -0.3 is 20.3 Å². The van der Waals surface area contributed by atoms with Crippen LogP contribution >= 0.6 is 0 Å². The Hall–Kier alpha value is -1.66. The number of anilines is 2. The van der Waals surface area contributed by atoms with Crippen LogP contribution in [0.2, 0.25) is 0 Å². The molecule has 1 amide bonds. The van der Waals surface area contributed by atoms with Gasteiger partial charge in [0.05, 0.1) is 25.1 Å². The molecule has 0 radical (unpaired) electrons. The quantitative estimate of drug-likeness (QED) is 0.864. The molecule has 0 spiro atoms. The van der Waals surface area contributed by atoms with E-state index in [-0.39, 0.29) is 5.91 Å². The molecule has 126 valence electrons. The molecule has 2 N–H and O–H groups in total. The van der Waals surface area contributed by atoms with Crippen molar-refractivity contribution < 1.29 is 9.53 Å². The molecule has 6 heteroatoms. The molecular weight excluding hydrogens is 292 g/mol. The lowest BCUT2D eigenvalue weighted by atomic mass is 9.93. The van der Waals surface area contributed by atoms with Crippen LogP contribution in [-0.2, 0) is 9.53 Å². The molecule has 2 saturated heterocycles. The van der Waals surface area contributed by atoms with Crippen LogP contribution in [0.15, 0.2) is 18.3 Å². The van der Waals surface area contributed by atoms with Crippen LogP contribution in [-0.4, -0.2) is 50.3 Å². The number of hydrogen-bond acceptors (Lipinski definition) is 5. The van der Waals surface area contributed by atoms with Crippen molar-refractivity contribution in [3.8, 4) is 0 Å². The van der Waals surface area contributed by atoms with E-state index >= 15 is 0 Å². The first-order valence-corrected chi connectivity index (χ1v) is 8.60. The number of pyridine rings is 1. The third kappa shape index (κ3) is 4.91. The van der Waals surface area contributed by atoms with E-state index in [1.807, 2.05) is 18.3 Å². The van der Waals surface area contributed by atoms with Gasteiger partial charge in [-0.05, 0) is 50.4 Å². The number of amides is 1. The van der Waals surface area contributed by atoms with Gasteiger partial charge in [0.25, 0.3) is 0 Å². The normalized spacial score (nSPS) is 19.6. The molecule has 2 fully saturated rings. The van der Waals surface area contributed by atoms with Crippen molar-refractivity contribution in [1.29, 1.82) is 0 Å². The zero-order valence-corrected chi connectivity index (χ0v) is 13.6. The van der Waals surface area contributed by atoms with Crippen molar-refractivity contribution in [3.05, 3.63) is 18.3 Å². The number of carbonyl (C=O) groups is 1. The molecule has 1 aromatic heterocycles. The van der Waals surface area contributed by atoms with E-state index in [1.165, 1.54) is 12.8 Å². The zero-order valence-electron chi connectivity index (χ0n) is 13.6. The van der Waals surface area contributed by atoms with Gasteiger partial charge >= 0.3 is 0 Å². The number of nitrogens with one attached hydrogen (secondary N) is 2. The fourth-order valence-corrected chi connectivity index (χ4v) is 3.18. The lowest BCUT2D eigenvalue weighted by Gasteiger charge is -2.28. The van der Waals surface area contributed by atoms with Crippen LogP contribution in [0.25, 0.3) is 0 Å². The molecule has 0 atom stereocenters. The first-order valence-electron chi connectivity index (χ1n) is 8.60. The standard InChI is InChI=1S/C17H26N4O2/c22-17(4-1-14-5-7-18-8-6-14)20-16-3-2-15(13-19-16)21-9-11-23-12-10-21/h2-3,13-14,18H,1,4-12H2,(H,19,20,22). The Morgan fingerprint density at radius 2 is 2.09 bits per heavy atom. The third-order valence-electron chi connectivity index (χ3n) is 4.63. The summed E-state index contributed by atoms with van der Waals surface area (Å²) >= 11 is 0. The molecule has 2 aliphatic heterocycles. The van der Waals surface area contributed by atoms with Gasteiger partial charge in [-0.2, -0.15) is 0 Å². The Labute approximate surface area is 137 Å². The van der Waals surface area contributed by atoms with Crippen molar-refractivity contribution in [2.75, 3.05) is 49.6 Å². The highest BCUT2D eigenvalue weighted by molar-refractivity contribution is 5.89. The maximum atomic E-state index is 12.0. The predicted octanol–water partition coefficient (Wildman–Crippen LogP) is 1.64. The summed E-state index contributed by atoms with van der Waals surface area (Å²) in [4.78, 5) is 18.7. The van der Waals surface area contributed by atoms with E-state index in [4.69, 9.17) is 4.74 Å². The fraction of sp³-hybridized carbons (Fsp3) is 0.647. The molecule has 23 heavy (non-hydrogen) atoms. The van der Waals surface area contributed by atoms with E-state index < -0.39 is 0 Å². The lowest BCUT2D eigenvalue weighted by molar-refractivity contribution is -0.116. The number of rotatable bonds is 5. The molecular formula is C17H26N4O2. The number of piperidine rings is 1. The van der Waals surface area contributed by atoms with Crippen molar-refractivity contribution in [2.24, 2.45) is 5.92 Å². The van der Waals surface area contributed by atoms with Crippen LogP contribution in [0.5, 0.6) is 0 Å². The Morgan fingerprint density at radius 3 is 2.78 bits per heavy atom. The second-order valence-electron chi connectivity index (χ2n) is 6.28. The number of ether oxygens (including phenoxy) is 1. The highest BCUT2D eigenvalue weighted by Gasteiger charge is 2.15. The maximum absolute atomic E-state index is 12.0. The average molecular weight is 318 g/mol. The van der Waals surface area contributed by atoms with E-state index in [9.17, 15) is 4.79 Å². The molecule has 6 nitrogen and oxygen atoms in total. The third-order valence-corrected chi connectivity index (χ3v) is 4.63. The Kier molecular flexibility index (Phi) is 5.82. The van der Waals surface area contributed by atoms with Gasteiger partial charge in [-0.25, -0.2) is 4.98 Å². The Balaban J connectivity index is 1.44. The minimum atomic E-state index is 0.0650. The van der Waals surface area contributed by atoms with Crippen LogP contribution in [0.1, 0.15) is 25.7 Å². The Bertz CT molecular complexity index is 494. The van der Waals surface area contributed by atoms with Gasteiger partial charge in [-0.15, -0.1) is 0 Å². The topological polar surface area (TPSA) is 66.5 Å². The molecule has 0 aliphatic carbocycles. The summed E-state index contributed by atoms with van der Waals surface area (Å²) in [5.41, 5.74) is 1.08. The summed E-state index contributed by atoms with van der Waals surface area (Å²) in [6, 6.07) is 3.90. The van der Waals surface area contributed by atoms with Gasteiger partial charge in [0.15, 0.2) is 0 Å². The second kappa shape index (κ2) is 8.26. The number of carbonyl (C=O) groups excluding carboxylic acids is 1. The van der Waals surface area contributed by atoms with E-state index in [2.05, 4.69) is 20.5 Å². The summed E-state index contributed by atoms with van der Waals surface area (Å²) in [5.74, 6) is 1.38. The zero-order chi connectivity index (χ0) is 15.9. The predicted molar refractivity (Wildman–Crippen MR) is 90.7 cm³/mol. The fourth-order valence-electron chi connectivity index (χ4n) is 3.18. The highest BCUT2D eigenvalue weighted by atomic mass is 16.5. The van der Waals surface area contributed by atoms with Gasteiger partial charge in [-0.1, -0.05) is 0 Å². The summed E-state index contributed by atoms with van der Waals surface area (Å²) in [6.07, 6.45) is 5.74. The lowest BCUT2D eigenvalue weighted by Crippen LogP contribution is -2.36. The van der Waals surface area contributed by atoms with Crippen LogP contribution in [0.3, 0.4) is 0 Å². The highest BCUT2D eigenvalue weighted by Crippen LogP contribution is 2.19. The van der Waals surface area contributed by atoms with Crippen molar-refractivity contribution in [2.45, 2.75) is 25.7 Å². The second-order valence-corrected chi connectivity index (χ2v) is 6.28. The molecule has 0 bridgehead atoms. The SMILES string of the molecule is O=C(CCC1CCNCC1)Nc1ccc(N2CCOCC2)cn1. The summed E-state index contributed by atoms with van der Waals surface area (Å²) < 4.78 is 5.35. The molecule has 0 saturated carbocycles. The van der Waals surface area contributed by atoms with Crippen LogP contribution in [0.4, 0.5) is 11.5 Å². The average Bonchev–Trinajstić information content (AvgIpc) is 2.62. The monoisotopic (exact) mass is 318 g/mol. The number of aromatic nitrogens is 1. The number of hydrogen-bond donors (Lipinski definition) is 2. The van der Waals surface area contributed by atoms with Crippen LogP contribution in [0, 0.1) is 5.92 Å². The molecule has 3 heterocycles. The summed E-state index contributed by atoms with van der Waals surface area (Å²) in [7, 11) is 0. The first kappa shape index (κ1) is 16.2. The van der Waals surface area contributed by atoms with Crippen molar-refractivity contribution in [1.82, 2.24) is 10.3 Å². The van der Waals surface area contributed by atoms with Gasteiger partial charge in [0, 0.05) is 19.5 Å². The minimum Gasteiger partial charge on any atom is -0.378 e. The number of morpholine rings is 1. The van der Waals surface area contributed by atoms with Crippen LogP contribution < -0.4 is 15.5 Å². The van der Waals surface area contributed by atoms with E-state index in [0.29, 0.717) is 18.2 Å². The minimum absolute atomic E-state index is 0.0650. The summed E-state index contributed by atoms with van der Waals surface area (Å²) in [6.45, 7) is 5.46. The smallest absolute Gasteiger partial charge is 0.225 e.